The highest BCUT2D eigenvalue weighted by molar-refractivity contribution is 7.15. The second-order valence-corrected chi connectivity index (χ2v) is 6.85. The topological polar surface area (TPSA) is 31.4 Å². The SMILES string of the molecule is CCNc1ncc(CN2CC3CCCN3CC2C)s1. The van der Waals surface area contributed by atoms with Crippen LogP contribution in [0.4, 0.5) is 5.13 Å². The van der Waals surface area contributed by atoms with Gasteiger partial charge in [0.2, 0.25) is 0 Å². The Labute approximate surface area is 119 Å². The summed E-state index contributed by atoms with van der Waals surface area (Å²) in [6.45, 7) is 10.3. The van der Waals surface area contributed by atoms with E-state index in [1.165, 1.54) is 37.4 Å². The van der Waals surface area contributed by atoms with Crippen molar-refractivity contribution in [3.05, 3.63) is 11.1 Å². The summed E-state index contributed by atoms with van der Waals surface area (Å²) in [6.07, 6.45) is 4.81. The number of nitrogens with zero attached hydrogens (tertiary/aromatic N) is 3. The zero-order valence-electron chi connectivity index (χ0n) is 11.9. The summed E-state index contributed by atoms with van der Waals surface area (Å²) in [7, 11) is 0. The smallest absolute Gasteiger partial charge is 0.182 e. The Balaban J connectivity index is 1.61. The number of fused-ring (bicyclic) bond motifs is 1. The molecule has 0 aliphatic carbocycles. The van der Waals surface area contributed by atoms with Gasteiger partial charge in [-0.15, -0.1) is 11.3 Å². The molecule has 0 radical (unpaired) electrons. The van der Waals surface area contributed by atoms with Crippen LogP contribution in [0.25, 0.3) is 0 Å². The maximum absolute atomic E-state index is 4.43. The minimum absolute atomic E-state index is 0.666. The molecule has 4 nitrogen and oxygen atoms in total. The first-order chi connectivity index (χ1) is 9.26. The van der Waals surface area contributed by atoms with E-state index in [0.29, 0.717) is 6.04 Å². The molecule has 2 atom stereocenters. The number of anilines is 1. The van der Waals surface area contributed by atoms with Gasteiger partial charge in [0.25, 0.3) is 0 Å². The molecule has 1 aromatic heterocycles. The van der Waals surface area contributed by atoms with E-state index in [1.54, 1.807) is 11.3 Å². The van der Waals surface area contributed by atoms with Gasteiger partial charge in [0.05, 0.1) is 0 Å². The van der Waals surface area contributed by atoms with Gasteiger partial charge < -0.3 is 5.32 Å². The highest BCUT2D eigenvalue weighted by Crippen LogP contribution is 2.27. The molecule has 3 heterocycles. The van der Waals surface area contributed by atoms with Crippen LogP contribution >= 0.6 is 11.3 Å². The molecule has 1 aromatic rings. The molecule has 2 saturated heterocycles. The maximum atomic E-state index is 4.43. The molecule has 106 valence electrons. The lowest BCUT2D eigenvalue weighted by Crippen LogP contribution is -2.54. The molecular formula is C14H24N4S. The zero-order valence-corrected chi connectivity index (χ0v) is 12.7. The Morgan fingerprint density at radius 1 is 1.47 bits per heavy atom. The Hall–Kier alpha value is -0.650. The third-order valence-corrected chi connectivity index (χ3v) is 5.25. The molecule has 2 aliphatic heterocycles. The lowest BCUT2D eigenvalue weighted by Gasteiger charge is -2.42. The molecule has 3 rings (SSSR count). The van der Waals surface area contributed by atoms with Gasteiger partial charge in [0, 0.05) is 49.3 Å². The average Bonchev–Trinajstić information content (AvgIpc) is 2.99. The van der Waals surface area contributed by atoms with E-state index >= 15 is 0 Å². The molecule has 2 aliphatic rings. The summed E-state index contributed by atoms with van der Waals surface area (Å²) in [5.74, 6) is 0. The number of hydrogen-bond acceptors (Lipinski definition) is 5. The van der Waals surface area contributed by atoms with Crippen LogP contribution < -0.4 is 5.32 Å². The van der Waals surface area contributed by atoms with Gasteiger partial charge in [0.15, 0.2) is 5.13 Å². The molecule has 19 heavy (non-hydrogen) atoms. The summed E-state index contributed by atoms with van der Waals surface area (Å²) in [4.78, 5) is 11.1. The summed E-state index contributed by atoms with van der Waals surface area (Å²) in [5.41, 5.74) is 0. The molecule has 0 amide bonds. The Morgan fingerprint density at radius 3 is 3.21 bits per heavy atom. The Morgan fingerprint density at radius 2 is 2.37 bits per heavy atom. The zero-order chi connectivity index (χ0) is 13.2. The second-order valence-electron chi connectivity index (χ2n) is 5.73. The number of aromatic nitrogens is 1. The fraction of sp³-hybridized carbons (Fsp3) is 0.786. The monoisotopic (exact) mass is 280 g/mol. The quantitative estimate of drug-likeness (QED) is 0.916. The van der Waals surface area contributed by atoms with Crippen LogP contribution in [-0.4, -0.2) is 53.0 Å². The van der Waals surface area contributed by atoms with Crippen LogP contribution in [0.5, 0.6) is 0 Å². The molecule has 0 aromatic carbocycles. The van der Waals surface area contributed by atoms with Gasteiger partial charge in [0.1, 0.15) is 0 Å². The van der Waals surface area contributed by atoms with Crippen molar-refractivity contribution in [1.29, 1.82) is 0 Å². The summed E-state index contributed by atoms with van der Waals surface area (Å²) < 4.78 is 0. The van der Waals surface area contributed by atoms with Gasteiger partial charge >= 0.3 is 0 Å². The number of rotatable bonds is 4. The summed E-state index contributed by atoms with van der Waals surface area (Å²) in [5, 5.41) is 4.35. The fourth-order valence-electron chi connectivity index (χ4n) is 3.28. The molecular weight excluding hydrogens is 256 g/mol. The van der Waals surface area contributed by atoms with Gasteiger partial charge in [-0.2, -0.15) is 0 Å². The normalized spacial score (nSPS) is 28.5. The van der Waals surface area contributed by atoms with E-state index in [1.807, 2.05) is 6.20 Å². The van der Waals surface area contributed by atoms with Crippen molar-refractivity contribution in [2.45, 2.75) is 45.3 Å². The maximum Gasteiger partial charge on any atom is 0.182 e. The molecule has 0 spiro atoms. The molecule has 0 bridgehead atoms. The number of hydrogen-bond donors (Lipinski definition) is 1. The largest absolute Gasteiger partial charge is 0.362 e. The number of piperazine rings is 1. The van der Waals surface area contributed by atoms with Gasteiger partial charge in [-0.3, -0.25) is 9.80 Å². The highest BCUT2D eigenvalue weighted by Gasteiger charge is 2.34. The molecule has 2 unspecified atom stereocenters. The van der Waals surface area contributed by atoms with Crippen molar-refractivity contribution in [1.82, 2.24) is 14.8 Å². The van der Waals surface area contributed by atoms with E-state index in [4.69, 9.17) is 0 Å². The van der Waals surface area contributed by atoms with Crippen LogP contribution in [0.2, 0.25) is 0 Å². The van der Waals surface area contributed by atoms with Crippen LogP contribution in [0.3, 0.4) is 0 Å². The fourth-order valence-corrected chi connectivity index (χ4v) is 4.19. The molecule has 5 heteroatoms. The highest BCUT2D eigenvalue weighted by atomic mass is 32.1. The molecule has 2 fully saturated rings. The van der Waals surface area contributed by atoms with Crippen LogP contribution in [-0.2, 0) is 6.54 Å². The first-order valence-electron chi connectivity index (χ1n) is 7.43. The predicted octanol–water partition coefficient (Wildman–Crippen LogP) is 2.24. The van der Waals surface area contributed by atoms with Crippen molar-refractivity contribution in [3.8, 4) is 0 Å². The Kier molecular flexibility index (Phi) is 4.05. The van der Waals surface area contributed by atoms with Crippen molar-refractivity contribution in [3.63, 3.8) is 0 Å². The summed E-state index contributed by atoms with van der Waals surface area (Å²) >= 11 is 1.80. The van der Waals surface area contributed by atoms with E-state index in [2.05, 4.69) is 33.9 Å². The third kappa shape index (κ3) is 2.93. The van der Waals surface area contributed by atoms with Gasteiger partial charge in [-0.25, -0.2) is 4.98 Å². The lowest BCUT2D eigenvalue weighted by molar-refractivity contribution is 0.0547. The first-order valence-corrected chi connectivity index (χ1v) is 8.24. The molecule has 1 N–H and O–H groups in total. The van der Waals surface area contributed by atoms with Crippen molar-refractivity contribution < 1.29 is 0 Å². The van der Waals surface area contributed by atoms with Crippen molar-refractivity contribution in [2.75, 3.05) is 31.5 Å². The van der Waals surface area contributed by atoms with Crippen LogP contribution in [0.1, 0.15) is 31.6 Å². The summed E-state index contributed by atoms with van der Waals surface area (Å²) in [6, 6.07) is 1.47. The van der Waals surface area contributed by atoms with Crippen molar-refractivity contribution >= 4 is 16.5 Å². The van der Waals surface area contributed by atoms with E-state index in [0.717, 1.165) is 24.3 Å². The minimum Gasteiger partial charge on any atom is -0.362 e. The average molecular weight is 280 g/mol. The number of nitrogens with one attached hydrogen (secondary N) is 1. The van der Waals surface area contributed by atoms with E-state index in [9.17, 15) is 0 Å². The van der Waals surface area contributed by atoms with E-state index in [-0.39, 0.29) is 0 Å². The standard InChI is InChI=1S/C14H24N4S/c1-3-15-14-16-7-13(19-14)10-18-9-12-5-4-6-17(12)8-11(18)2/h7,11-12H,3-6,8-10H2,1-2H3,(H,15,16). The van der Waals surface area contributed by atoms with Gasteiger partial charge in [-0.05, 0) is 33.2 Å². The van der Waals surface area contributed by atoms with Gasteiger partial charge in [-0.1, -0.05) is 0 Å². The minimum atomic E-state index is 0.666. The first kappa shape index (κ1) is 13.3. The number of thiazole rings is 1. The third-order valence-electron chi connectivity index (χ3n) is 4.31. The lowest BCUT2D eigenvalue weighted by atomic mass is 10.1. The van der Waals surface area contributed by atoms with E-state index < -0.39 is 0 Å². The second kappa shape index (κ2) is 5.77. The van der Waals surface area contributed by atoms with Crippen LogP contribution in [0, 0.1) is 0 Å². The van der Waals surface area contributed by atoms with Crippen molar-refractivity contribution in [2.24, 2.45) is 0 Å². The molecule has 0 saturated carbocycles. The van der Waals surface area contributed by atoms with Crippen LogP contribution in [0.15, 0.2) is 6.20 Å². The Bertz CT molecular complexity index is 419. The predicted molar refractivity (Wildman–Crippen MR) is 80.7 cm³/mol.